The van der Waals surface area contributed by atoms with Crippen molar-refractivity contribution in [2.75, 3.05) is 33.5 Å². The molecule has 1 saturated heterocycles. The Kier molecular flexibility index (Phi) is 6.93. The highest BCUT2D eigenvalue weighted by molar-refractivity contribution is 5.83. The first-order valence-electron chi connectivity index (χ1n) is 12.8. The van der Waals surface area contributed by atoms with Gasteiger partial charge in [0.1, 0.15) is 19.0 Å². The van der Waals surface area contributed by atoms with Gasteiger partial charge in [-0.25, -0.2) is 4.68 Å². The van der Waals surface area contributed by atoms with Crippen LogP contribution in [0, 0.1) is 0 Å². The minimum Gasteiger partial charge on any atom is -0.497 e. The number of aromatic nitrogens is 5. The summed E-state index contributed by atoms with van der Waals surface area (Å²) >= 11 is 0. The second-order valence-electron chi connectivity index (χ2n) is 9.61. The molecule has 1 fully saturated rings. The zero-order chi connectivity index (χ0) is 25.9. The van der Waals surface area contributed by atoms with Crippen molar-refractivity contribution in [2.45, 2.75) is 38.6 Å². The third-order valence-corrected chi connectivity index (χ3v) is 6.93. The fourth-order valence-corrected chi connectivity index (χ4v) is 4.97. The molecule has 198 valence electrons. The molecule has 1 atom stereocenters. The summed E-state index contributed by atoms with van der Waals surface area (Å²) < 4.78 is 24.4. The van der Waals surface area contributed by atoms with Crippen LogP contribution in [-0.2, 0) is 24.4 Å². The number of hydrogen-bond acceptors (Lipinski definition) is 9. The van der Waals surface area contributed by atoms with Gasteiger partial charge in [-0.05, 0) is 53.1 Å². The predicted octanol–water partition coefficient (Wildman–Crippen LogP) is 2.52. The van der Waals surface area contributed by atoms with Crippen molar-refractivity contribution in [3.8, 4) is 17.2 Å². The topological polar surface area (TPSA) is 117 Å². The molecule has 0 bridgehead atoms. The lowest BCUT2D eigenvalue weighted by Crippen LogP contribution is -2.34. The summed E-state index contributed by atoms with van der Waals surface area (Å²) in [5, 5.41) is 13.3. The molecule has 2 aromatic heterocycles. The molecule has 2 aliphatic heterocycles. The van der Waals surface area contributed by atoms with E-state index in [1.807, 2.05) is 42.5 Å². The van der Waals surface area contributed by atoms with Crippen LogP contribution in [0.4, 0.5) is 0 Å². The van der Waals surface area contributed by atoms with Crippen LogP contribution in [-0.4, -0.2) is 69.7 Å². The molecular weight excluding hydrogens is 488 g/mol. The Morgan fingerprint density at radius 3 is 2.66 bits per heavy atom. The number of rotatable bonds is 9. The van der Waals surface area contributed by atoms with E-state index in [4.69, 9.17) is 18.9 Å². The van der Waals surface area contributed by atoms with Gasteiger partial charge in [-0.15, -0.1) is 5.10 Å². The molecule has 1 N–H and O–H groups in total. The van der Waals surface area contributed by atoms with Gasteiger partial charge in [-0.3, -0.25) is 9.69 Å². The van der Waals surface area contributed by atoms with Gasteiger partial charge >= 0.3 is 0 Å². The van der Waals surface area contributed by atoms with Crippen molar-refractivity contribution < 1.29 is 18.9 Å². The standard InChI is InChI=1S/C27H30N6O5/c1-35-21-6-4-18(5-7-21)14-33-26(29-30-31-33)17-32(16-22-3-2-8-36-22)15-20-11-19-12-24-25(38-10-9-37-24)13-23(19)28-27(20)34/h4-7,11-13,22H,2-3,8-10,14-17H2,1H3,(H,28,34)/t22-/m0/s1. The molecule has 0 amide bonds. The zero-order valence-electron chi connectivity index (χ0n) is 21.3. The normalized spacial score (nSPS) is 16.8. The summed E-state index contributed by atoms with van der Waals surface area (Å²) in [5.41, 5.74) is 2.30. The Morgan fingerprint density at radius 2 is 1.89 bits per heavy atom. The maximum absolute atomic E-state index is 13.1. The molecule has 0 radical (unpaired) electrons. The van der Waals surface area contributed by atoms with Gasteiger partial charge in [0.25, 0.3) is 5.56 Å². The van der Waals surface area contributed by atoms with Crippen molar-refractivity contribution in [1.29, 1.82) is 0 Å². The van der Waals surface area contributed by atoms with Crippen molar-refractivity contribution in [1.82, 2.24) is 30.1 Å². The molecule has 2 aliphatic rings. The Balaban J connectivity index is 1.25. The molecule has 4 heterocycles. The van der Waals surface area contributed by atoms with Gasteiger partial charge in [0.05, 0.1) is 31.8 Å². The molecule has 0 spiro atoms. The molecule has 6 rings (SSSR count). The monoisotopic (exact) mass is 518 g/mol. The quantitative estimate of drug-likeness (QED) is 0.357. The number of H-pyrrole nitrogens is 1. The summed E-state index contributed by atoms with van der Waals surface area (Å²) in [6.07, 6.45) is 2.14. The first-order valence-corrected chi connectivity index (χ1v) is 12.8. The van der Waals surface area contributed by atoms with E-state index in [1.54, 1.807) is 11.8 Å². The summed E-state index contributed by atoms with van der Waals surface area (Å²) in [4.78, 5) is 18.3. The highest BCUT2D eigenvalue weighted by Gasteiger charge is 2.23. The van der Waals surface area contributed by atoms with E-state index < -0.39 is 0 Å². The molecule has 4 aromatic rings. The van der Waals surface area contributed by atoms with Crippen molar-refractivity contribution in [2.24, 2.45) is 0 Å². The smallest absolute Gasteiger partial charge is 0.252 e. The summed E-state index contributed by atoms with van der Waals surface area (Å²) in [5.74, 6) is 2.86. The van der Waals surface area contributed by atoms with E-state index in [2.05, 4.69) is 25.4 Å². The summed E-state index contributed by atoms with van der Waals surface area (Å²) in [6.45, 7) is 3.87. The lowest BCUT2D eigenvalue weighted by molar-refractivity contribution is 0.0663. The molecule has 0 aliphatic carbocycles. The van der Waals surface area contributed by atoms with Crippen LogP contribution < -0.4 is 19.8 Å². The second kappa shape index (κ2) is 10.8. The molecule has 11 nitrogen and oxygen atoms in total. The van der Waals surface area contributed by atoms with Crippen LogP contribution >= 0.6 is 0 Å². The first kappa shape index (κ1) is 24.4. The third-order valence-electron chi connectivity index (χ3n) is 6.93. The lowest BCUT2D eigenvalue weighted by Gasteiger charge is -2.25. The van der Waals surface area contributed by atoms with E-state index >= 15 is 0 Å². The number of tetrazole rings is 1. The van der Waals surface area contributed by atoms with E-state index in [-0.39, 0.29) is 11.7 Å². The van der Waals surface area contributed by atoms with Crippen LogP contribution in [0.5, 0.6) is 17.2 Å². The molecule has 11 heteroatoms. The maximum Gasteiger partial charge on any atom is 0.252 e. The van der Waals surface area contributed by atoms with Gasteiger partial charge in [0.15, 0.2) is 17.3 Å². The van der Waals surface area contributed by atoms with Gasteiger partial charge in [-0.2, -0.15) is 0 Å². The number of nitrogens with zero attached hydrogens (tertiary/aromatic N) is 5. The molecule has 38 heavy (non-hydrogen) atoms. The van der Waals surface area contributed by atoms with E-state index in [1.165, 1.54) is 0 Å². The summed E-state index contributed by atoms with van der Waals surface area (Å²) in [7, 11) is 1.65. The largest absolute Gasteiger partial charge is 0.497 e. The second-order valence-corrected chi connectivity index (χ2v) is 9.61. The highest BCUT2D eigenvalue weighted by atomic mass is 16.6. The number of nitrogens with one attached hydrogen (secondary N) is 1. The number of aromatic amines is 1. The van der Waals surface area contributed by atoms with E-state index in [9.17, 15) is 4.79 Å². The Hall–Kier alpha value is -3.96. The maximum atomic E-state index is 13.1. The number of methoxy groups -OCH3 is 1. The van der Waals surface area contributed by atoms with Crippen LogP contribution in [0.2, 0.25) is 0 Å². The van der Waals surface area contributed by atoms with Crippen molar-refractivity contribution in [3.05, 3.63) is 69.8 Å². The number of pyridine rings is 1. The highest BCUT2D eigenvalue weighted by Crippen LogP contribution is 2.33. The molecular formula is C27H30N6O5. The lowest BCUT2D eigenvalue weighted by atomic mass is 10.1. The molecule has 0 unspecified atom stereocenters. The number of fused-ring (bicyclic) bond motifs is 2. The van der Waals surface area contributed by atoms with Crippen LogP contribution in [0.15, 0.2) is 47.3 Å². The Morgan fingerprint density at radius 1 is 1.08 bits per heavy atom. The van der Waals surface area contributed by atoms with E-state index in [0.29, 0.717) is 56.5 Å². The van der Waals surface area contributed by atoms with Gasteiger partial charge < -0.3 is 23.9 Å². The Labute approximate surface area is 219 Å². The van der Waals surface area contributed by atoms with Crippen LogP contribution in [0.1, 0.15) is 29.8 Å². The average Bonchev–Trinajstić information content (AvgIpc) is 3.61. The van der Waals surface area contributed by atoms with Crippen molar-refractivity contribution >= 4 is 10.9 Å². The first-order chi connectivity index (χ1) is 18.6. The van der Waals surface area contributed by atoms with Crippen molar-refractivity contribution in [3.63, 3.8) is 0 Å². The fraction of sp³-hybridized carbons (Fsp3) is 0.407. The zero-order valence-corrected chi connectivity index (χ0v) is 21.3. The number of ether oxygens (including phenoxy) is 4. The van der Waals surface area contributed by atoms with Gasteiger partial charge in [0.2, 0.25) is 0 Å². The predicted molar refractivity (Wildman–Crippen MR) is 139 cm³/mol. The Bertz CT molecular complexity index is 1460. The van der Waals surface area contributed by atoms with E-state index in [0.717, 1.165) is 47.5 Å². The third kappa shape index (κ3) is 5.34. The minimum absolute atomic E-state index is 0.109. The minimum atomic E-state index is -0.135. The SMILES string of the molecule is COc1ccc(Cn2nnnc2CN(Cc2cc3cc4c(cc3[nH]c2=O)OCCO4)C[C@@H]2CCCO2)cc1. The van der Waals surface area contributed by atoms with Gasteiger partial charge in [-0.1, -0.05) is 12.1 Å². The molecule has 0 saturated carbocycles. The fourth-order valence-electron chi connectivity index (χ4n) is 4.97. The average molecular weight is 519 g/mol. The molecule has 2 aromatic carbocycles. The summed E-state index contributed by atoms with van der Waals surface area (Å²) in [6, 6.07) is 13.5. The van der Waals surface area contributed by atoms with Gasteiger partial charge in [0, 0.05) is 36.7 Å². The number of hydrogen-bond donors (Lipinski definition) is 1. The van der Waals surface area contributed by atoms with Crippen LogP contribution in [0.3, 0.4) is 0 Å². The number of benzene rings is 2. The van der Waals surface area contributed by atoms with Crippen LogP contribution in [0.25, 0.3) is 10.9 Å².